The summed E-state index contributed by atoms with van der Waals surface area (Å²) in [6.07, 6.45) is -5.49. The van der Waals surface area contributed by atoms with Gasteiger partial charge in [-0.1, -0.05) is 44.2 Å². The molecule has 2 heterocycles. The molecule has 1 atom stereocenters. The second-order valence-electron chi connectivity index (χ2n) is 10.6. The SMILES string of the molecule is Cc1[nH]n(-c2ccccc2)c(=O)c1[C@]1(C(F)(F)F)C(=O)N(Cc2ccc(F)cc2)C2=C1C(=O)CC(C)(C)C2. The first-order valence-corrected chi connectivity index (χ1v) is 12.1. The molecule has 2 aromatic carbocycles. The van der Waals surface area contributed by atoms with Crippen LogP contribution in [0.1, 0.15) is 43.5 Å². The number of nitrogens with one attached hydrogen (secondary N) is 1. The molecule has 1 N–H and O–H groups in total. The summed E-state index contributed by atoms with van der Waals surface area (Å²) < 4.78 is 60.6. The standard InChI is InChI=1S/C28H25F4N3O3/c1-16-22(24(37)35(33-16)19-7-5-4-6-8-19)27(28(30,31)32)23-20(13-26(2,3)14-21(23)36)34(25(27)38)15-17-9-11-18(29)12-10-17/h4-12,33H,13-15H2,1-3H3/t27-/m1/s1. The van der Waals surface area contributed by atoms with Gasteiger partial charge in [0, 0.05) is 23.4 Å². The third-order valence-corrected chi connectivity index (χ3v) is 7.26. The van der Waals surface area contributed by atoms with Gasteiger partial charge in [0.25, 0.3) is 11.5 Å². The van der Waals surface area contributed by atoms with Crippen molar-refractivity contribution in [3.63, 3.8) is 0 Å². The summed E-state index contributed by atoms with van der Waals surface area (Å²) in [6.45, 7) is 4.46. The number of alkyl halides is 3. The molecule has 1 aliphatic carbocycles. The highest BCUT2D eigenvalue weighted by Crippen LogP contribution is 2.57. The Bertz CT molecular complexity index is 1530. The van der Waals surface area contributed by atoms with Gasteiger partial charge in [0.15, 0.2) is 5.78 Å². The molecule has 1 aromatic heterocycles. The van der Waals surface area contributed by atoms with Gasteiger partial charge in [0.1, 0.15) is 5.82 Å². The molecule has 0 radical (unpaired) electrons. The largest absolute Gasteiger partial charge is 0.411 e. The molecular weight excluding hydrogens is 502 g/mol. The summed E-state index contributed by atoms with van der Waals surface area (Å²) in [7, 11) is 0. The second kappa shape index (κ2) is 8.54. The van der Waals surface area contributed by atoms with Crippen LogP contribution in [0.3, 0.4) is 0 Å². The van der Waals surface area contributed by atoms with E-state index in [1.54, 1.807) is 32.0 Å². The predicted octanol–water partition coefficient (Wildman–Crippen LogP) is 5.10. The van der Waals surface area contributed by atoms with Gasteiger partial charge in [-0.2, -0.15) is 13.2 Å². The Morgan fingerprint density at radius 1 is 0.947 bits per heavy atom. The summed E-state index contributed by atoms with van der Waals surface area (Å²) >= 11 is 0. The van der Waals surface area contributed by atoms with Crippen LogP contribution in [0.25, 0.3) is 5.69 Å². The number of Topliss-reactive ketones (excluding diaryl/α,β-unsaturated/α-hetero) is 1. The molecule has 0 spiro atoms. The van der Waals surface area contributed by atoms with Crippen LogP contribution in [0.2, 0.25) is 0 Å². The number of rotatable bonds is 4. The topological polar surface area (TPSA) is 75.2 Å². The molecule has 0 fully saturated rings. The smallest absolute Gasteiger partial charge is 0.310 e. The number of aromatic nitrogens is 2. The number of hydrogen-bond donors (Lipinski definition) is 1. The van der Waals surface area contributed by atoms with Crippen LogP contribution in [0.5, 0.6) is 0 Å². The first-order chi connectivity index (χ1) is 17.8. The van der Waals surface area contributed by atoms with Gasteiger partial charge in [0.05, 0.1) is 17.8 Å². The van der Waals surface area contributed by atoms with Crippen LogP contribution in [0.4, 0.5) is 17.6 Å². The van der Waals surface area contributed by atoms with Crippen molar-refractivity contribution in [2.75, 3.05) is 0 Å². The predicted molar refractivity (Wildman–Crippen MR) is 131 cm³/mol. The van der Waals surface area contributed by atoms with Crippen molar-refractivity contribution in [2.45, 2.75) is 51.7 Å². The van der Waals surface area contributed by atoms with Crippen LogP contribution < -0.4 is 5.56 Å². The van der Waals surface area contributed by atoms with E-state index in [4.69, 9.17) is 0 Å². The number of aromatic amines is 1. The fraction of sp³-hybridized carbons (Fsp3) is 0.321. The Morgan fingerprint density at radius 2 is 1.58 bits per heavy atom. The summed E-state index contributed by atoms with van der Waals surface area (Å²) in [6, 6.07) is 13.0. The van der Waals surface area contributed by atoms with Gasteiger partial charge in [-0.15, -0.1) is 0 Å². The van der Waals surface area contributed by atoms with Gasteiger partial charge >= 0.3 is 6.18 Å². The molecule has 10 heteroatoms. The molecule has 0 unspecified atom stereocenters. The summed E-state index contributed by atoms with van der Waals surface area (Å²) in [5.74, 6) is -2.77. The number of carbonyl (C=O) groups excluding carboxylic acids is 2. The van der Waals surface area contributed by atoms with E-state index < -0.39 is 51.2 Å². The Morgan fingerprint density at radius 3 is 2.18 bits per heavy atom. The molecule has 1 aliphatic heterocycles. The van der Waals surface area contributed by atoms with Gasteiger partial charge in [0.2, 0.25) is 5.41 Å². The average molecular weight is 528 g/mol. The number of benzene rings is 2. The maximum atomic E-state index is 15.4. The van der Waals surface area contributed by atoms with Gasteiger partial charge in [-0.25, -0.2) is 9.07 Å². The number of nitrogens with zero attached hydrogens (tertiary/aromatic N) is 2. The number of para-hydroxylation sites is 1. The zero-order valence-corrected chi connectivity index (χ0v) is 20.9. The number of hydrogen-bond acceptors (Lipinski definition) is 3. The number of halogens is 4. The first-order valence-electron chi connectivity index (χ1n) is 12.1. The second-order valence-corrected chi connectivity index (χ2v) is 10.6. The molecule has 2 aliphatic rings. The third-order valence-electron chi connectivity index (χ3n) is 7.26. The van der Waals surface area contributed by atoms with Crippen LogP contribution in [0.15, 0.2) is 70.7 Å². The fourth-order valence-electron chi connectivity index (χ4n) is 5.70. The minimum atomic E-state index is -5.31. The summed E-state index contributed by atoms with van der Waals surface area (Å²) in [4.78, 5) is 42.2. The van der Waals surface area contributed by atoms with Crippen LogP contribution in [-0.4, -0.2) is 32.5 Å². The molecule has 3 aromatic rings. The van der Waals surface area contributed by atoms with Crippen LogP contribution >= 0.6 is 0 Å². The number of ketones is 1. The Balaban J connectivity index is 1.80. The molecular formula is C28H25F4N3O3. The molecule has 6 nitrogen and oxygen atoms in total. The van der Waals surface area contributed by atoms with E-state index in [-0.39, 0.29) is 36.5 Å². The monoisotopic (exact) mass is 527 g/mol. The number of amides is 1. The van der Waals surface area contributed by atoms with E-state index in [9.17, 15) is 18.8 Å². The van der Waals surface area contributed by atoms with E-state index >= 15 is 13.2 Å². The summed E-state index contributed by atoms with van der Waals surface area (Å²) in [5.41, 5.74) is -6.33. The molecule has 1 amide bonds. The Labute approximate surface area is 215 Å². The lowest BCUT2D eigenvalue weighted by Gasteiger charge is -2.35. The van der Waals surface area contributed by atoms with Crippen LogP contribution in [-0.2, 0) is 21.5 Å². The zero-order chi connectivity index (χ0) is 27.6. The average Bonchev–Trinajstić information content (AvgIpc) is 3.25. The molecule has 0 saturated carbocycles. The van der Waals surface area contributed by atoms with Crippen molar-refractivity contribution in [3.05, 3.63) is 98.9 Å². The third kappa shape index (κ3) is 3.73. The normalized spacial score (nSPS) is 21.3. The van der Waals surface area contributed by atoms with Crippen molar-refractivity contribution in [1.29, 1.82) is 0 Å². The zero-order valence-electron chi connectivity index (χ0n) is 20.9. The Kier molecular flexibility index (Phi) is 5.77. The highest BCUT2D eigenvalue weighted by Gasteiger charge is 2.73. The quantitative estimate of drug-likeness (QED) is 0.480. The molecule has 5 rings (SSSR count). The maximum Gasteiger partial charge on any atom is 0.411 e. The van der Waals surface area contributed by atoms with E-state index in [0.29, 0.717) is 5.56 Å². The van der Waals surface area contributed by atoms with Crippen molar-refractivity contribution in [2.24, 2.45) is 5.41 Å². The van der Waals surface area contributed by atoms with Crippen molar-refractivity contribution >= 4 is 11.7 Å². The molecule has 198 valence electrons. The van der Waals surface area contributed by atoms with Crippen molar-refractivity contribution < 1.29 is 27.2 Å². The van der Waals surface area contributed by atoms with E-state index in [1.165, 1.54) is 31.2 Å². The number of allylic oxidation sites excluding steroid dienone is 1. The lowest BCUT2D eigenvalue weighted by molar-refractivity contribution is -0.189. The van der Waals surface area contributed by atoms with Gasteiger partial charge in [-0.05, 0) is 48.6 Å². The number of aryl methyl sites for hydroxylation is 1. The van der Waals surface area contributed by atoms with Gasteiger partial charge < -0.3 is 4.90 Å². The number of carbonyl (C=O) groups is 2. The maximum absolute atomic E-state index is 15.4. The Hall–Kier alpha value is -3.95. The number of H-pyrrole nitrogens is 1. The molecule has 0 bridgehead atoms. The van der Waals surface area contributed by atoms with Crippen LogP contribution in [0, 0.1) is 18.2 Å². The van der Waals surface area contributed by atoms with E-state index in [0.717, 1.165) is 21.7 Å². The van der Waals surface area contributed by atoms with Gasteiger partial charge in [-0.3, -0.25) is 19.5 Å². The lowest BCUT2D eigenvalue weighted by Crippen LogP contribution is -2.55. The van der Waals surface area contributed by atoms with E-state index in [1.807, 2.05) is 0 Å². The molecule has 38 heavy (non-hydrogen) atoms. The highest BCUT2D eigenvalue weighted by molar-refractivity contribution is 6.13. The minimum Gasteiger partial charge on any atom is -0.310 e. The fourth-order valence-corrected chi connectivity index (χ4v) is 5.70. The first kappa shape index (κ1) is 25.7. The van der Waals surface area contributed by atoms with Crippen molar-refractivity contribution in [3.8, 4) is 5.69 Å². The minimum absolute atomic E-state index is 0.0230. The molecule has 0 saturated heterocycles. The van der Waals surface area contributed by atoms with Crippen molar-refractivity contribution in [1.82, 2.24) is 14.7 Å². The lowest BCUT2D eigenvalue weighted by atomic mass is 9.66. The highest BCUT2D eigenvalue weighted by atomic mass is 19.4. The van der Waals surface area contributed by atoms with E-state index in [2.05, 4.69) is 5.10 Å². The summed E-state index contributed by atoms with van der Waals surface area (Å²) in [5, 5.41) is 2.68.